The van der Waals surface area contributed by atoms with Gasteiger partial charge in [0.2, 0.25) is 0 Å². The van der Waals surface area contributed by atoms with Crippen molar-refractivity contribution in [3.05, 3.63) is 34.8 Å². The Morgan fingerprint density at radius 2 is 2.00 bits per heavy atom. The molecule has 0 fully saturated rings. The molecule has 0 unspecified atom stereocenters. The first-order valence-electron chi connectivity index (χ1n) is 5.58. The van der Waals surface area contributed by atoms with Crippen LogP contribution in [0.15, 0.2) is 24.3 Å². The third-order valence-corrected chi connectivity index (χ3v) is 4.05. The van der Waals surface area contributed by atoms with E-state index in [4.69, 9.17) is 27.4 Å². The number of benzene rings is 1. The number of nitrogens with zero attached hydrogens (tertiary/aromatic N) is 1. The number of thiazole rings is 1. The van der Waals surface area contributed by atoms with Gasteiger partial charge < -0.3 is 15.2 Å². The first-order chi connectivity index (χ1) is 9.15. The molecule has 1 heterocycles. The van der Waals surface area contributed by atoms with Gasteiger partial charge in [0.15, 0.2) is 0 Å². The SMILES string of the molecule is COCc1nc(-c2ccc(OC)cc2)sc1C(N)=S. The molecular formula is C13H14N2O2S2. The summed E-state index contributed by atoms with van der Waals surface area (Å²) < 4.78 is 10.2. The van der Waals surface area contributed by atoms with Crippen molar-refractivity contribution in [2.45, 2.75) is 6.61 Å². The molecule has 100 valence electrons. The van der Waals surface area contributed by atoms with E-state index in [2.05, 4.69) is 4.98 Å². The third-order valence-electron chi connectivity index (χ3n) is 2.54. The molecule has 0 atom stereocenters. The normalized spacial score (nSPS) is 10.4. The Kier molecular flexibility index (Phi) is 4.47. The number of thiocarbonyl (C=S) groups is 1. The first-order valence-corrected chi connectivity index (χ1v) is 6.81. The zero-order valence-electron chi connectivity index (χ0n) is 10.7. The van der Waals surface area contributed by atoms with Crippen LogP contribution in [0.2, 0.25) is 0 Å². The molecule has 2 N–H and O–H groups in total. The van der Waals surface area contributed by atoms with Gasteiger partial charge in [-0.25, -0.2) is 4.98 Å². The number of hydrogen-bond acceptors (Lipinski definition) is 5. The van der Waals surface area contributed by atoms with E-state index in [-0.39, 0.29) is 0 Å². The zero-order valence-corrected chi connectivity index (χ0v) is 12.3. The maximum Gasteiger partial charge on any atom is 0.124 e. The van der Waals surface area contributed by atoms with Crippen molar-refractivity contribution in [1.82, 2.24) is 4.98 Å². The molecule has 0 spiro atoms. The second-order valence-corrected chi connectivity index (χ2v) is 5.26. The molecule has 1 aromatic carbocycles. The highest BCUT2D eigenvalue weighted by molar-refractivity contribution is 7.81. The van der Waals surface area contributed by atoms with Crippen LogP contribution in [0.1, 0.15) is 10.6 Å². The molecule has 0 saturated heterocycles. The van der Waals surface area contributed by atoms with E-state index < -0.39 is 0 Å². The molecule has 0 amide bonds. The van der Waals surface area contributed by atoms with Gasteiger partial charge in [0.1, 0.15) is 15.7 Å². The Morgan fingerprint density at radius 1 is 1.32 bits per heavy atom. The number of aromatic nitrogens is 1. The summed E-state index contributed by atoms with van der Waals surface area (Å²) in [7, 11) is 3.26. The summed E-state index contributed by atoms with van der Waals surface area (Å²) in [5.41, 5.74) is 7.50. The lowest BCUT2D eigenvalue weighted by Crippen LogP contribution is -2.10. The number of methoxy groups -OCH3 is 2. The topological polar surface area (TPSA) is 57.4 Å². The average molecular weight is 294 g/mol. The van der Waals surface area contributed by atoms with Gasteiger partial charge in [-0.2, -0.15) is 0 Å². The molecule has 0 radical (unpaired) electrons. The molecule has 6 heteroatoms. The van der Waals surface area contributed by atoms with Crippen molar-refractivity contribution in [3.8, 4) is 16.3 Å². The Morgan fingerprint density at radius 3 is 2.53 bits per heavy atom. The lowest BCUT2D eigenvalue weighted by Gasteiger charge is -2.00. The van der Waals surface area contributed by atoms with Crippen LogP contribution in [0, 0.1) is 0 Å². The van der Waals surface area contributed by atoms with Crippen LogP contribution in [-0.4, -0.2) is 24.2 Å². The molecule has 0 bridgehead atoms. The molecule has 0 aliphatic carbocycles. The Balaban J connectivity index is 2.38. The minimum Gasteiger partial charge on any atom is -0.497 e. The molecule has 2 rings (SSSR count). The van der Waals surface area contributed by atoms with E-state index in [9.17, 15) is 0 Å². The monoisotopic (exact) mass is 294 g/mol. The van der Waals surface area contributed by atoms with Crippen molar-refractivity contribution >= 4 is 28.5 Å². The largest absolute Gasteiger partial charge is 0.497 e. The van der Waals surface area contributed by atoms with Crippen LogP contribution in [0.25, 0.3) is 10.6 Å². The maximum atomic E-state index is 5.71. The summed E-state index contributed by atoms with van der Waals surface area (Å²) in [6.07, 6.45) is 0. The van der Waals surface area contributed by atoms with Gasteiger partial charge in [-0.05, 0) is 24.3 Å². The van der Waals surface area contributed by atoms with Gasteiger partial charge in [0.25, 0.3) is 0 Å². The standard InChI is InChI=1S/C13H14N2O2S2/c1-16-7-10-11(12(14)18)19-13(15-10)8-3-5-9(17-2)6-4-8/h3-6H,7H2,1-2H3,(H2,14,18). The molecule has 0 aliphatic heterocycles. The highest BCUT2D eigenvalue weighted by atomic mass is 32.1. The van der Waals surface area contributed by atoms with Crippen LogP contribution in [0.5, 0.6) is 5.75 Å². The molecule has 0 saturated carbocycles. The van der Waals surface area contributed by atoms with E-state index in [1.807, 2.05) is 24.3 Å². The van der Waals surface area contributed by atoms with E-state index in [0.29, 0.717) is 11.6 Å². The maximum absolute atomic E-state index is 5.71. The fourth-order valence-corrected chi connectivity index (χ4v) is 2.80. The smallest absolute Gasteiger partial charge is 0.124 e. The van der Waals surface area contributed by atoms with E-state index in [1.54, 1.807) is 14.2 Å². The van der Waals surface area contributed by atoms with E-state index in [1.165, 1.54) is 11.3 Å². The molecular weight excluding hydrogens is 280 g/mol. The second-order valence-electron chi connectivity index (χ2n) is 3.82. The molecule has 4 nitrogen and oxygen atoms in total. The first kappa shape index (κ1) is 13.9. The van der Waals surface area contributed by atoms with Gasteiger partial charge in [-0.3, -0.25) is 0 Å². The number of rotatable bonds is 5. The predicted molar refractivity (Wildman–Crippen MR) is 80.7 cm³/mol. The molecule has 19 heavy (non-hydrogen) atoms. The summed E-state index contributed by atoms with van der Waals surface area (Å²) in [5.74, 6) is 0.812. The van der Waals surface area contributed by atoms with E-state index in [0.717, 1.165) is 26.9 Å². The molecule has 2 aromatic rings. The van der Waals surface area contributed by atoms with Crippen LogP contribution >= 0.6 is 23.6 Å². The quantitative estimate of drug-likeness (QED) is 0.859. The Bertz CT molecular complexity index is 579. The van der Waals surface area contributed by atoms with Crippen molar-refractivity contribution in [1.29, 1.82) is 0 Å². The van der Waals surface area contributed by atoms with Crippen LogP contribution in [0.4, 0.5) is 0 Å². The lowest BCUT2D eigenvalue weighted by atomic mass is 10.2. The Hall–Kier alpha value is -1.50. The molecule has 0 aliphatic rings. The van der Waals surface area contributed by atoms with Crippen molar-refractivity contribution in [2.75, 3.05) is 14.2 Å². The minimum atomic E-state index is 0.351. The summed E-state index contributed by atoms with van der Waals surface area (Å²) >= 11 is 6.52. The summed E-state index contributed by atoms with van der Waals surface area (Å²) in [6, 6.07) is 7.70. The summed E-state index contributed by atoms with van der Waals surface area (Å²) in [5, 5.41) is 0.873. The average Bonchev–Trinajstić information content (AvgIpc) is 2.83. The van der Waals surface area contributed by atoms with Crippen molar-refractivity contribution in [3.63, 3.8) is 0 Å². The highest BCUT2D eigenvalue weighted by Crippen LogP contribution is 2.29. The second kappa shape index (κ2) is 6.10. The zero-order chi connectivity index (χ0) is 13.8. The number of nitrogens with two attached hydrogens (primary N) is 1. The summed E-state index contributed by atoms with van der Waals surface area (Å²) in [6.45, 7) is 0.402. The van der Waals surface area contributed by atoms with Crippen LogP contribution in [-0.2, 0) is 11.3 Å². The van der Waals surface area contributed by atoms with Gasteiger partial charge in [0, 0.05) is 12.7 Å². The highest BCUT2D eigenvalue weighted by Gasteiger charge is 2.14. The number of ether oxygens (including phenoxy) is 2. The van der Waals surface area contributed by atoms with Crippen molar-refractivity contribution < 1.29 is 9.47 Å². The van der Waals surface area contributed by atoms with Gasteiger partial charge in [-0.1, -0.05) is 12.2 Å². The third kappa shape index (κ3) is 3.09. The predicted octanol–water partition coefficient (Wildman–Crippen LogP) is 2.60. The van der Waals surface area contributed by atoms with Gasteiger partial charge >= 0.3 is 0 Å². The Labute approximate surface area is 121 Å². The fraction of sp³-hybridized carbons (Fsp3) is 0.231. The fourth-order valence-electron chi connectivity index (χ4n) is 1.64. The van der Waals surface area contributed by atoms with Crippen LogP contribution < -0.4 is 10.5 Å². The van der Waals surface area contributed by atoms with Gasteiger partial charge in [-0.15, -0.1) is 11.3 Å². The van der Waals surface area contributed by atoms with E-state index >= 15 is 0 Å². The summed E-state index contributed by atoms with van der Waals surface area (Å²) in [4.78, 5) is 5.69. The molecule has 1 aromatic heterocycles. The van der Waals surface area contributed by atoms with Crippen LogP contribution in [0.3, 0.4) is 0 Å². The van der Waals surface area contributed by atoms with Crippen molar-refractivity contribution in [2.24, 2.45) is 5.73 Å². The lowest BCUT2D eigenvalue weighted by molar-refractivity contribution is 0.182. The van der Waals surface area contributed by atoms with Gasteiger partial charge in [0.05, 0.1) is 24.3 Å². The number of hydrogen-bond donors (Lipinski definition) is 1. The minimum absolute atomic E-state index is 0.351.